The van der Waals surface area contributed by atoms with Crippen molar-refractivity contribution in [2.24, 2.45) is 0 Å². The Balaban J connectivity index is 1.86. The number of aromatic nitrogens is 1. The Morgan fingerprint density at radius 2 is 1.91 bits per heavy atom. The van der Waals surface area contributed by atoms with Crippen LogP contribution in [0.5, 0.6) is 5.75 Å². The third-order valence-electron chi connectivity index (χ3n) is 3.46. The second-order valence-electron chi connectivity index (χ2n) is 5.26. The van der Waals surface area contributed by atoms with Gasteiger partial charge >= 0.3 is 0 Å². The van der Waals surface area contributed by atoms with Gasteiger partial charge in [-0.15, -0.1) is 11.3 Å². The summed E-state index contributed by atoms with van der Waals surface area (Å²) in [6.45, 7) is 6.15. The van der Waals surface area contributed by atoms with Crippen molar-refractivity contribution in [1.82, 2.24) is 4.98 Å². The van der Waals surface area contributed by atoms with E-state index >= 15 is 0 Å². The van der Waals surface area contributed by atoms with Crippen LogP contribution in [0.3, 0.4) is 0 Å². The molecule has 0 amide bonds. The summed E-state index contributed by atoms with van der Waals surface area (Å²) in [5.74, 6) is 0.670. The molecule has 0 radical (unpaired) electrons. The number of hydrogen-bond donors (Lipinski definition) is 1. The highest BCUT2D eigenvalue weighted by Gasteiger charge is 2.09. The fraction of sp³-hybridized carbons (Fsp3) is 0.105. The molecule has 0 aliphatic heterocycles. The molecule has 2 N–H and O–H groups in total. The summed E-state index contributed by atoms with van der Waals surface area (Å²) in [5.41, 5.74) is 11.0. The zero-order valence-corrected chi connectivity index (χ0v) is 13.8. The molecule has 0 aliphatic rings. The topological polar surface area (TPSA) is 48.1 Å². The molecule has 0 unspecified atom stereocenters. The van der Waals surface area contributed by atoms with Crippen molar-refractivity contribution in [3.05, 3.63) is 66.1 Å². The first-order chi connectivity index (χ1) is 11.2. The van der Waals surface area contributed by atoms with Crippen molar-refractivity contribution in [2.45, 2.75) is 6.92 Å². The number of nitrogen functional groups attached to an aromatic ring is 1. The number of thiazole rings is 1. The van der Waals surface area contributed by atoms with Gasteiger partial charge in [-0.25, -0.2) is 4.98 Å². The summed E-state index contributed by atoms with van der Waals surface area (Å²) in [7, 11) is 0. The highest BCUT2D eigenvalue weighted by atomic mass is 32.1. The molecule has 116 valence electrons. The lowest BCUT2D eigenvalue weighted by Crippen LogP contribution is -1.97. The van der Waals surface area contributed by atoms with Crippen molar-refractivity contribution in [3.8, 4) is 27.6 Å². The maximum absolute atomic E-state index is 6.05. The molecular formula is C19H18N2OS. The first-order valence-electron chi connectivity index (χ1n) is 7.33. The van der Waals surface area contributed by atoms with Crippen LogP contribution in [-0.2, 0) is 0 Å². The van der Waals surface area contributed by atoms with Crippen molar-refractivity contribution in [2.75, 3.05) is 12.3 Å². The molecular weight excluding hydrogens is 304 g/mol. The second kappa shape index (κ2) is 6.67. The van der Waals surface area contributed by atoms with Gasteiger partial charge < -0.3 is 10.5 Å². The average Bonchev–Trinajstić information content (AvgIpc) is 3.04. The van der Waals surface area contributed by atoms with Crippen molar-refractivity contribution in [1.29, 1.82) is 0 Å². The van der Waals surface area contributed by atoms with Crippen LogP contribution in [0.25, 0.3) is 21.8 Å². The van der Waals surface area contributed by atoms with E-state index in [1.165, 1.54) is 5.56 Å². The largest absolute Gasteiger partial charge is 0.487 e. The molecule has 0 bridgehead atoms. The maximum atomic E-state index is 6.05. The Labute approximate surface area is 140 Å². The molecule has 0 saturated carbocycles. The molecule has 0 aliphatic carbocycles. The lowest BCUT2D eigenvalue weighted by molar-refractivity contribution is 0.365. The molecule has 0 fully saturated rings. The van der Waals surface area contributed by atoms with Gasteiger partial charge in [0.2, 0.25) is 0 Å². The second-order valence-corrected chi connectivity index (χ2v) is 6.11. The third kappa shape index (κ3) is 3.43. The fourth-order valence-corrected chi connectivity index (χ4v) is 3.05. The third-order valence-corrected chi connectivity index (χ3v) is 4.36. The number of benzene rings is 2. The fourth-order valence-electron chi connectivity index (χ4n) is 2.22. The van der Waals surface area contributed by atoms with Gasteiger partial charge in [0.1, 0.15) is 17.4 Å². The molecule has 23 heavy (non-hydrogen) atoms. The summed E-state index contributed by atoms with van der Waals surface area (Å²) in [6, 6.07) is 14.1. The smallest absolute Gasteiger partial charge is 0.142 e. The molecule has 3 aromatic rings. The van der Waals surface area contributed by atoms with Crippen LogP contribution < -0.4 is 10.5 Å². The zero-order chi connectivity index (χ0) is 16.2. The van der Waals surface area contributed by atoms with Gasteiger partial charge in [0, 0.05) is 16.5 Å². The summed E-state index contributed by atoms with van der Waals surface area (Å²) in [5, 5.41) is 3.01. The predicted octanol–water partition coefficient (Wildman–Crippen LogP) is 4.93. The van der Waals surface area contributed by atoms with E-state index in [0.29, 0.717) is 18.0 Å². The minimum atomic E-state index is 0.443. The summed E-state index contributed by atoms with van der Waals surface area (Å²) in [6.07, 6.45) is 1.70. The SMILES string of the molecule is C=CCOc1ccc(-c2nc(-c3ccc(C)cc3)cs2)cc1N. The number of aryl methyl sites for hydroxylation is 1. The Kier molecular flexibility index (Phi) is 4.44. The van der Waals surface area contributed by atoms with E-state index in [0.717, 1.165) is 21.8 Å². The molecule has 3 rings (SSSR count). The van der Waals surface area contributed by atoms with Crippen LogP contribution in [0.15, 0.2) is 60.5 Å². The van der Waals surface area contributed by atoms with Crippen LogP contribution in [0.1, 0.15) is 5.56 Å². The predicted molar refractivity (Wildman–Crippen MR) is 97.8 cm³/mol. The monoisotopic (exact) mass is 322 g/mol. The van der Waals surface area contributed by atoms with Crippen LogP contribution in [0.2, 0.25) is 0 Å². The number of rotatable bonds is 5. The average molecular weight is 322 g/mol. The zero-order valence-electron chi connectivity index (χ0n) is 13.0. The van der Waals surface area contributed by atoms with Crippen LogP contribution in [0.4, 0.5) is 5.69 Å². The van der Waals surface area contributed by atoms with Gasteiger partial charge in [-0.3, -0.25) is 0 Å². The molecule has 2 aromatic carbocycles. The highest BCUT2D eigenvalue weighted by molar-refractivity contribution is 7.13. The van der Waals surface area contributed by atoms with Gasteiger partial charge in [-0.1, -0.05) is 42.5 Å². The van der Waals surface area contributed by atoms with Gasteiger partial charge in [0.25, 0.3) is 0 Å². The van der Waals surface area contributed by atoms with Crippen LogP contribution in [0, 0.1) is 6.92 Å². The molecule has 0 saturated heterocycles. The van der Waals surface area contributed by atoms with Gasteiger partial charge in [0.05, 0.1) is 11.4 Å². The minimum Gasteiger partial charge on any atom is -0.487 e. The first-order valence-corrected chi connectivity index (χ1v) is 8.21. The van der Waals surface area contributed by atoms with Crippen molar-refractivity contribution in [3.63, 3.8) is 0 Å². The summed E-state index contributed by atoms with van der Waals surface area (Å²) in [4.78, 5) is 4.72. The van der Waals surface area contributed by atoms with Crippen molar-refractivity contribution < 1.29 is 4.74 Å². The van der Waals surface area contributed by atoms with E-state index in [4.69, 9.17) is 15.5 Å². The van der Waals surface area contributed by atoms with E-state index in [-0.39, 0.29) is 0 Å². The van der Waals surface area contributed by atoms with E-state index in [1.807, 2.05) is 18.2 Å². The number of hydrogen-bond acceptors (Lipinski definition) is 4. The van der Waals surface area contributed by atoms with E-state index in [2.05, 4.69) is 43.1 Å². The van der Waals surface area contributed by atoms with Crippen molar-refractivity contribution >= 4 is 17.0 Å². The van der Waals surface area contributed by atoms with Crippen LogP contribution in [-0.4, -0.2) is 11.6 Å². The minimum absolute atomic E-state index is 0.443. The van der Waals surface area contributed by atoms with Gasteiger partial charge in [-0.05, 0) is 25.1 Å². The lowest BCUT2D eigenvalue weighted by Gasteiger charge is -2.07. The van der Waals surface area contributed by atoms with E-state index in [9.17, 15) is 0 Å². The Bertz CT molecular complexity index is 822. The van der Waals surface area contributed by atoms with Gasteiger partial charge in [-0.2, -0.15) is 0 Å². The molecule has 3 nitrogen and oxygen atoms in total. The number of anilines is 1. The van der Waals surface area contributed by atoms with E-state index in [1.54, 1.807) is 17.4 Å². The number of nitrogens with two attached hydrogens (primary N) is 1. The van der Waals surface area contributed by atoms with E-state index < -0.39 is 0 Å². The van der Waals surface area contributed by atoms with Crippen LogP contribution >= 0.6 is 11.3 Å². The number of nitrogens with zero attached hydrogens (tertiary/aromatic N) is 1. The quantitative estimate of drug-likeness (QED) is 0.535. The van der Waals surface area contributed by atoms with Gasteiger partial charge in [0.15, 0.2) is 0 Å². The lowest BCUT2D eigenvalue weighted by atomic mass is 10.1. The standard InChI is InChI=1S/C19H18N2OS/c1-3-10-22-18-9-8-15(11-16(18)20)19-21-17(12-23-19)14-6-4-13(2)5-7-14/h3-9,11-12H,1,10,20H2,2H3. The maximum Gasteiger partial charge on any atom is 0.142 e. The molecule has 1 aromatic heterocycles. The Hall–Kier alpha value is -2.59. The Morgan fingerprint density at radius 1 is 1.17 bits per heavy atom. The normalized spacial score (nSPS) is 10.5. The first kappa shape index (κ1) is 15.3. The summed E-state index contributed by atoms with van der Waals surface area (Å²) >= 11 is 1.61. The molecule has 1 heterocycles. The number of ether oxygens (including phenoxy) is 1. The summed E-state index contributed by atoms with van der Waals surface area (Å²) < 4.78 is 5.50. The molecule has 0 spiro atoms. The molecule has 0 atom stereocenters. The molecule has 4 heteroatoms. The Morgan fingerprint density at radius 3 is 2.61 bits per heavy atom. The highest BCUT2D eigenvalue weighted by Crippen LogP contribution is 2.32.